The normalized spacial score (nSPS) is 22.2. The Morgan fingerprint density at radius 2 is 2.09 bits per heavy atom. The van der Waals surface area contributed by atoms with Crippen LogP contribution in [-0.2, 0) is 12.8 Å². The van der Waals surface area contributed by atoms with Crippen molar-refractivity contribution in [3.8, 4) is 0 Å². The molecule has 1 saturated heterocycles. The fraction of sp³-hybridized carbons (Fsp3) is 0.385. The van der Waals surface area contributed by atoms with Crippen LogP contribution in [0.2, 0.25) is 5.02 Å². The number of nitrogens with zero attached hydrogens (tertiary/aromatic N) is 6. The average molecular weight is 512 g/mol. The molecule has 1 atom stereocenters. The van der Waals surface area contributed by atoms with Crippen molar-refractivity contribution < 1.29 is 8.22 Å². The molecule has 9 heteroatoms. The van der Waals surface area contributed by atoms with Crippen molar-refractivity contribution in [1.29, 1.82) is 0 Å². The van der Waals surface area contributed by atoms with Gasteiger partial charge in [-0.15, -0.1) is 0 Å². The summed E-state index contributed by atoms with van der Waals surface area (Å²) in [4.78, 5) is 20.8. The number of fused-ring (bicyclic) bond motifs is 2. The summed E-state index contributed by atoms with van der Waals surface area (Å²) >= 11 is 7.67. The molecule has 1 fully saturated rings. The van der Waals surface area contributed by atoms with E-state index in [0.29, 0.717) is 34.5 Å². The van der Waals surface area contributed by atoms with E-state index < -0.39 is 13.7 Å². The molecule has 0 bridgehead atoms. The van der Waals surface area contributed by atoms with Crippen LogP contribution in [0.1, 0.15) is 56.6 Å². The molecule has 0 amide bonds. The molecule has 6 rings (SSSR count). The van der Waals surface area contributed by atoms with Gasteiger partial charge >= 0.3 is 0 Å². The molecular weight excluding hydrogens is 478 g/mol. The lowest BCUT2D eigenvalue weighted by Crippen LogP contribution is -2.45. The fourth-order valence-corrected chi connectivity index (χ4v) is 6.57. The van der Waals surface area contributed by atoms with E-state index in [1.165, 1.54) is 6.20 Å². The largest absolute Gasteiger partial charge is 0.342 e. The van der Waals surface area contributed by atoms with Crippen LogP contribution in [0, 0.1) is 12.3 Å². The Bertz CT molecular complexity index is 1610. The predicted octanol–water partition coefficient (Wildman–Crippen LogP) is 5.04. The molecule has 7 nitrogen and oxygen atoms in total. The fourth-order valence-electron chi connectivity index (χ4n) is 5.33. The summed E-state index contributed by atoms with van der Waals surface area (Å²) < 4.78 is 49.6. The third kappa shape index (κ3) is 3.70. The SMILES string of the molecule is [2H]C([2H])([2H])Cc1nccc(Sc2c(C([2H])([2H])[2H])nc(N3CCC4(CC3)Cc3ncccc3[C@H]4N)n3ccnc23)c1Cl. The zero-order chi connectivity index (χ0) is 29.2. The Hall–Kier alpha value is -2.68. The maximum atomic E-state index is 8.32. The van der Waals surface area contributed by atoms with Crippen LogP contribution < -0.4 is 10.6 Å². The van der Waals surface area contributed by atoms with Gasteiger partial charge in [-0.1, -0.05) is 36.3 Å². The number of aryl methyl sites for hydroxylation is 2. The minimum atomic E-state index is -2.54. The highest BCUT2D eigenvalue weighted by molar-refractivity contribution is 7.99. The summed E-state index contributed by atoms with van der Waals surface area (Å²) in [5.74, 6) is 0.508. The number of pyridine rings is 2. The first-order valence-corrected chi connectivity index (χ1v) is 12.7. The molecule has 0 radical (unpaired) electrons. The van der Waals surface area contributed by atoms with E-state index in [0.717, 1.165) is 42.3 Å². The van der Waals surface area contributed by atoms with Crippen molar-refractivity contribution in [2.45, 2.75) is 55.2 Å². The number of nitrogens with two attached hydrogens (primary N) is 1. The lowest BCUT2D eigenvalue weighted by atomic mass is 9.73. The lowest BCUT2D eigenvalue weighted by molar-refractivity contribution is 0.186. The first-order chi connectivity index (χ1) is 19.4. The number of hydrogen-bond donors (Lipinski definition) is 1. The molecule has 5 heterocycles. The van der Waals surface area contributed by atoms with Crippen LogP contribution in [0.4, 0.5) is 5.95 Å². The summed E-state index contributed by atoms with van der Waals surface area (Å²) in [5, 5.41) is 0.170. The van der Waals surface area contributed by atoms with Crippen LogP contribution in [-0.4, -0.2) is 37.4 Å². The number of halogens is 1. The molecular formula is C26H28ClN7S. The van der Waals surface area contributed by atoms with Gasteiger partial charge in [-0.3, -0.25) is 14.4 Å². The summed E-state index contributed by atoms with van der Waals surface area (Å²) in [5.41, 5.74) is 9.39. The highest BCUT2D eigenvalue weighted by Crippen LogP contribution is 2.50. The van der Waals surface area contributed by atoms with Gasteiger partial charge in [-0.05, 0) is 55.6 Å². The Morgan fingerprint density at radius 1 is 1.20 bits per heavy atom. The maximum Gasteiger partial charge on any atom is 0.211 e. The van der Waals surface area contributed by atoms with Gasteiger partial charge in [0.15, 0.2) is 5.65 Å². The highest BCUT2D eigenvalue weighted by atomic mass is 35.5. The summed E-state index contributed by atoms with van der Waals surface area (Å²) in [6.45, 7) is -3.48. The second-order valence-electron chi connectivity index (χ2n) is 9.10. The van der Waals surface area contributed by atoms with Gasteiger partial charge in [0.2, 0.25) is 5.95 Å². The highest BCUT2D eigenvalue weighted by Gasteiger charge is 2.46. The molecule has 1 aliphatic carbocycles. The molecule has 1 aliphatic heterocycles. The zero-order valence-electron chi connectivity index (χ0n) is 24.9. The van der Waals surface area contributed by atoms with Gasteiger partial charge in [0.25, 0.3) is 0 Å². The maximum absolute atomic E-state index is 8.32. The van der Waals surface area contributed by atoms with E-state index >= 15 is 0 Å². The van der Waals surface area contributed by atoms with E-state index in [2.05, 4.69) is 25.9 Å². The molecule has 1 spiro atoms. The first kappa shape index (κ1) is 16.9. The molecule has 35 heavy (non-hydrogen) atoms. The number of aromatic nitrogens is 5. The third-order valence-corrected chi connectivity index (χ3v) is 8.95. The summed E-state index contributed by atoms with van der Waals surface area (Å²) in [6.07, 6.45) is 8.83. The number of rotatable bonds is 4. The van der Waals surface area contributed by atoms with Crippen LogP contribution in [0.3, 0.4) is 0 Å². The van der Waals surface area contributed by atoms with Crippen LogP contribution >= 0.6 is 23.4 Å². The molecule has 2 aliphatic rings. The molecule has 0 aromatic carbocycles. The van der Waals surface area contributed by atoms with Gasteiger partial charge in [0, 0.05) is 62.7 Å². The minimum Gasteiger partial charge on any atom is -0.342 e. The van der Waals surface area contributed by atoms with Gasteiger partial charge in [0.05, 0.1) is 21.3 Å². The second kappa shape index (κ2) is 8.76. The molecule has 2 N–H and O–H groups in total. The molecule has 4 aromatic rings. The summed E-state index contributed by atoms with van der Waals surface area (Å²) in [7, 11) is 0. The summed E-state index contributed by atoms with van der Waals surface area (Å²) in [6, 6.07) is 5.53. The Balaban J connectivity index is 1.34. The topological polar surface area (TPSA) is 85.2 Å². The van der Waals surface area contributed by atoms with Gasteiger partial charge in [-0.25, -0.2) is 9.97 Å². The third-order valence-electron chi connectivity index (χ3n) is 7.27. The van der Waals surface area contributed by atoms with Crippen molar-refractivity contribution in [1.82, 2.24) is 24.3 Å². The van der Waals surface area contributed by atoms with Gasteiger partial charge in [0.1, 0.15) is 0 Å². The number of anilines is 1. The Morgan fingerprint density at radius 3 is 2.89 bits per heavy atom. The van der Waals surface area contributed by atoms with Crippen LogP contribution in [0.15, 0.2) is 52.8 Å². The van der Waals surface area contributed by atoms with Crippen molar-refractivity contribution in [2.75, 3.05) is 18.0 Å². The quantitative estimate of drug-likeness (QED) is 0.411. The lowest BCUT2D eigenvalue weighted by Gasteiger charge is -2.42. The van der Waals surface area contributed by atoms with Crippen molar-refractivity contribution in [2.24, 2.45) is 11.1 Å². The van der Waals surface area contributed by atoms with E-state index in [4.69, 9.17) is 30.5 Å². The first-order valence-electron chi connectivity index (χ1n) is 14.5. The zero-order valence-corrected chi connectivity index (χ0v) is 20.5. The monoisotopic (exact) mass is 511 g/mol. The van der Waals surface area contributed by atoms with Crippen LogP contribution in [0.5, 0.6) is 0 Å². The molecule has 180 valence electrons. The van der Waals surface area contributed by atoms with Crippen molar-refractivity contribution >= 4 is 35.0 Å². The number of piperidine rings is 1. The smallest absolute Gasteiger partial charge is 0.211 e. The second-order valence-corrected chi connectivity index (χ2v) is 10.5. The van der Waals surface area contributed by atoms with Gasteiger partial charge in [-0.2, -0.15) is 0 Å². The Labute approximate surface area is 222 Å². The number of hydrogen-bond acceptors (Lipinski definition) is 7. The van der Waals surface area contributed by atoms with E-state index in [1.54, 1.807) is 22.9 Å². The average Bonchev–Trinajstić information content (AvgIpc) is 3.50. The van der Waals surface area contributed by atoms with E-state index in [1.807, 2.05) is 12.3 Å². The minimum absolute atomic E-state index is 0.0871. The number of imidazole rings is 1. The molecule has 4 aromatic heterocycles. The van der Waals surface area contributed by atoms with E-state index in [9.17, 15) is 0 Å². The Kier molecular flexibility index (Phi) is 4.23. The van der Waals surface area contributed by atoms with E-state index in [-0.39, 0.29) is 34.3 Å². The standard InChI is InChI=1S/C26H28ClN7S/c1-3-18-21(27)20(6-10-30-18)35-22-16(2)32-25(34-14-11-31-24(22)34)33-12-7-26(8-13-33)15-19-17(23(26)28)5-4-9-29-19/h4-6,9-11,14,23H,3,7-8,12-13,15,28H2,1-2H3/t23-/m1/s1/i1D3,2D3. The molecule has 0 saturated carbocycles. The van der Waals surface area contributed by atoms with Crippen LogP contribution in [0.25, 0.3) is 5.65 Å². The van der Waals surface area contributed by atoms with Crippen molar-refractivity contribution in [3.05, 3.63) is 70.7 Å². The van der Waals surface area contributed by atoms with Crippen molar-refractivity contribution in [3.63, 3.8) is 0 Å². The predicted molar refractivity (Wildman–Crippen MR) is 139 cm³/mol. The van der Waals surface area contributed by atoms with Gasteiger partial charge < -0.3 is 10.6 Å². The molecule has 0 unspecified atom stereocenters.